The van der Waals surface area contributed by atoms with Crippen molar-refractivity contribution in [3.8, 4) is 6.07 Å². The molecule has 0 aliphatic carbocycles. The minimum Gasteiger partial charge on any atom is -0.381 e. The quantitative estimate of drug-likeness (QED) is 0.889. The van der Waals surface area contributed by atoms with Crippen molar-refractivity contribution in [2.45, 2.75) is 6.54 Å². The van der Waals surface area contributed by atoms with Crippen molar-refractivity contribution in [3.63, 3.8) is 0 Å². The van der Waals surface area contributed by atoms with E-state index in [9.17, 15) is 8.42 Å². The molecule has 108 valence electrons. The Labute approximate surface area is 124 Å². The van der Waals surface area contributed by atoms with Crippen molar-refractivity contribution in [1.29, 1.82) is 5.26 Å². The fourth-order valence-electron chi connectivity index (χ4n) is 1.81. The first-order valence-corrected chi connectivity index (χ1v) is 8.16. The minimum atomic E-state index is -3.28. The average Bonchev–Trinajstić information content (AvgIpc) is 2.44. The Kier molecular flexibility index (Phi) is 4.45. The van der Waals surface area contributed by atoms with Gasteiger partial charge in [0, 0.05) is 12.2 Å². The molecule has 0 aromatic heterocycles. The molecule has 0 bridgehead atoms. The molecule has 0 heterocycles. The van der Waals surface area contributed by atoms with Crippen LogP contribution in [0, 0.1) is 11.3 Å². The zero-order valence-electron chi connectivity index (χ0n) is 11.5. The number of sulfonamides is 1. The van der Waals surface area contributed by atoms with E-state index in [1.54, 1.807) is 30.3 Å². The van der Waals surface area contributed by atoms with Gasteiger partial charge in [-0.25, -0.2) is 8.42 Å². The van der Waals surface area contributed by atoms with Gasteiger partial charge in [-0.15, -0.1) is 0 Å². The van der Waals surface area contributed by atoms with Gasteiger partial charge < -0.3 is 5.32 Å². The normalized spacial score (nSPS) is 10.7. The number of anilines is 2. The van der Waals surface area contributed by atoms with Gasteiger partial charge in [-0.2, -0.15) is 5.26 Å². The van der Waals surface area contributed by atoms with Gasteiger partial charge in [-0.3, -0.25) is 4.72 Å². The van der Waals surface area contributed by atoms with Crippen molar-refractivity contribution < 1.29 is 8.42 Å². The summed E-state index contributed by atoms with van der Waals surface area (Å²) in [5, 5.41) is 11.9. The van der Waals surface area contributed by atoms with Crippen LogP contribution < -0.4 is 10.0 Å². The van der Waals surface area contributed by atoms with Crippen LogP contribution in [0.1, 0.15) is 11.1 Å². The molecular weight excluding hydrogens is 286 g/mol. The summed E-state index contributed by atoms with van der Waals surface area (Å²) in [7, 11) is -3.28. The van der Waals surface area contributed by atoms with Gasteiger partial charge in [0.15, 0.2) is 0 Å². The molecule has 0 saturated carbocycles. The van der Waals surface area contributed by atoms with Crippen LogP contribution in [0.5, 0.6) is 0 Å². The van der Waals surface area contributed by atoms with Gasteiger partial charge in [0.25, 0.3) is 0 Å². The molecule has 0 aliphatic rings. The van der Waals surface area contributed by atoms with Crippen LogP contribution in [0.2, 0.25) is 0 Å². The fraction of sp³-hybridized carbons (Fsp3) is 0.133. The minimum absolute atomic E-state index is 0.516. The summed E-state index contributed by atoms with van der Waals surface area (Å²) in [6.45, 7) is 0.591. The Morgan fingerprint density at radius 2 is 1.76 bits per heavy atom. The first-order chi connectivity index (χ1) is 9.96. The van der Waals surface area contributed by atoms with Crippen LogP contribution in [0.15, 0.2) is 48.5 Å². The number of hydrogen-bond acceptors (Lipinski definition) is 4. The van der Waals surface area contributed by atoms with E-state index in [2.05, 4.69) is 16.1 Å². The molecule has 0 radical (unpaired) electrons. The molecule has 0 unspecified atom stereocenters. The predicted molar refractivity (Wildman–Crippen MR) is 83.4 cm³/mol. The lowest BCUT2D eigenvalue weighted by Gasteiger charge is -2.09. The molecule has 2 aromatic rings. The Hall–Kier alpha value is -2.52. The van der Waals surface area contributed by atoms with Crippen LogP contribution in [-0.4, -0.2) is 14.7 Å². The van der Waals surface area contributed by atoms with E-state index in [-0.39, 0.29) is 0 Å². The smallest absolute Gasteiger partial charge is 0.229 e. The summed E-state index contributed by atoms with van der Waals surface area (Å²) >= 11 is 0. The third-order valence-corrected chi connectivity index (χ3v) is 3.35. The molecule has 5 nitrogen and oxygen atoms in total. The van der Waals surface area contributed by atoms with Gasteiger partial charge in [0.2, 0.25) is 10.0 Å². The summed E-state index contributed by atoms with van der Waals surface area (Å²) < 4.78 is 24.8. The summed E-state index contributed by atoms with van der Waals surface area (Å²) in [6.07, 6.45) is 1.11. The second-order valence-corrected chi connectivity index (χ2v) is 6.37. The summed E-state index contributed by atoms with van der Waals surface area (Å²) in [5.74, 6) is 0. The number of hydrogen-bond donors (Lipinski definition) is 2. The maximum atomic E-state index is 11.2. The topological polar surface area (TPSA) is 82.0 Å². The molecule has 0 aliphatic heterocycles. The molecule has 0 atom stereocenters. The molecule has 6 heteroatoms. The highest BCUT2D eigenvalue weighted by Gasteiger charge is 2.02. The Balaban J connectivity index is 2.03. The molecule has 21 heavy (non-hydrogen) atoms. The van der Waals surface area contributed by atoms with E-state index in [1.165, 1.54) is 0 Å². The molecule has 0 spiro atoms. The molecule has 0 fully saturated rings. The molecule has 0 saturated heterocycles. The van der Waals surface area contributed by atoms with E-state index in [1.807, 2.05) is 18.2 Å². The SMILES string of the molecule is CS(=O)(=O)Nc1cccc(NCc2ccc(C#N)cc2)c1. The average molecular weight is 301 g/mol. The van der Waals surface area contributed by atoms with Gasteiger partial charge in [0.05, 0.1) is 23.6 Å². The molecule has 0 amide bonds. The second-order valence-electron chi connectivity index (χ2n) is 4.62. The highest BCUT2D eigenvalue weighted by molar-refractivity contribution is 7.92. The van der Waals surface area contributed by atoms with Crippen molar-refractivity contribution in [2.24, 2.45) is 0 Å². The van der Waals surface area contributed by atoms with Crippen LogP contribution >= 0.6 is 0 Å². The first kappa shape index (κ1) is 14.9. The second kappa shape index (κ2) is 6.29. The number of nitrogens with one attached hydrogen (secondary N) is 2. The summed E-state index contributed by atoms with van der Waals surface area (Å²) in [5.41, 5.74) is 2.99. The van der Waals surface area contributed by atoms with Gasteiger partial charge in [0.1, 0.15) is 0 Å². The molecule has 2 aromatic carbocycles. The van der Waals surface area contributed by atoms with Crippen LogP contribution in [-0.2, 0) is 16.6 Å². The standard InChI is InChI=1S/C15H15N3O2S/c1-21(19,20)18-15-4-2-3-14(9-15)17-11-13-7-5-12(10-16)6-8-13/h2-9,17-18H,11H2,1H3. The number of rotatable bonds is 5. The molecule has 2 rings (SSSR count). The number of benzene rings is 2. The lowest BCUT2D eigenvalue weighted by molar-refractivity contribution is 0.607. The van der Waals surface area contributed by atoms with Crippen molar-refractivity contribution in [2.75, 3.05) is 16.3 Å². The fourth-order valence-corrected chi connectivity index (χ4v) is 2.36. The number of nitrogens with zero attached hydrogens (tertiary/aromatic N) is 1. The van der Waals surface area contributed by atoms with Crippen LogP contribution in [0.25, 0.3) is 0 Å². The van der Waals surface area contributed by atoms with Gasteiger partial charge in [-0.1, -0.05) is 18.2 Å². The third kappa shape index (κ3) is 4.82. The lowest BCUT2D eigenvalue weighted by Crippen LogP contribution is -2.09. The highest BCUT2D eigenvalue weighted by atomic mass is 32.2. The first-order valence-electron chi connectivity index (χ1n) is 6.27. The lowest BCUT2D eigenvalue weighted by atomic mass is 10.1. The van der Waals surface area contributed by atoms with Gasteiger partial charge >= 0.3 is 0 Å². The predicted octanol–water partition coefficient (Wildman–Crippen LogP) is 2.54. The van der Waals surface area contributed by atoms with Crippen LogP contribution in [0.3, 0.4) is 0 Å². The maximum Gasteiger partial charge on any atom is 0.229 e. The monoisotopic (exact) mass is 301 g/mol. The van der Waals surface area contributed by atoms with E-state index in [0.29, 0.717) is 17.8 Å². The van der Waals surface area contributed by atoms with Crippen molar-refractivity contribution in [1.82, 2.24) is 0 Å². The highest BCUT2D eigenvalue weighted by Crippen LogP contribution is 2.17. The van der Waals surface area contributed by atoms with Gasteiger partial charge in [-0.05, 0) is 35.9 Å². The van der Waals surface area contributed by atoms with Crippen LogP contribution in [0.4, 0.5) is 11.4 Å². The molecular formula is C15H15N3O2S. The van der Waals surface area contributed by atoms with Crippen molar-refractivity contribution >= 4 is 21.4 Å². The largest absolute Gasteiger partial charge is 0.381 e. The Bertz CT molecular complexity index is 762. The van der Waals surface area contributed by atoms with E-state index in [0.717, 1.165) is 17.5 Å². The zero-order valence-corrected chi connectivity index (χ0v) is 12.3. The Morgan fingerprint density at radius 3 is 2.38 bits per heavy atom. The zero-order chi connectivity index (χ0) is 15.3. The van der Waals surface area contributed by atoms with E-state index >= 15 is 0 Å². The summed E-state index contributed by atoms with van der Waals surface area (Å²) in [6, 6.07) is 16.4. The molecule has 2 N–H and O–H groups in total. The van der Waals surface area contributed by atoms with E-state index in [4.69, 9.17) is 5.26 Å². The number of nitriles is 1. The summed E-state index contributed by atoms with van der Waals surface area (Å²) in [4.78, 5) is 0. The van der Waals surface area contributed by atoms with E-state index < -0.39 is 10.0 Å². The third-order valence-electron chi connectivity index (χ3n) is 2.75. The maximum absolute atomic E-state index is 11.2. The Morgan fingerprint density at radius 1 is 1.10 bits per heavy atom. The van der Waals surface area contributed by atoms with Crippen molar-refractivity contribution in [3.05, 3.63) is 59.7 Å².